The zero-order chi connectivity index (χ0) is 10.1. The van der Waals surface area contributed by atoms with Gasteiger partial charge in [-0.1, -0.05) is 6.42 Å². The zero-order valence-electron chi connectivity index (χ0n) is 8.11. The molecule has 1 N–H and O–H groups in total. The number of nitrogens with zero attached hydrogens (tertiary/aromatic N) is 1. The molecule has 0 spiro atoms. The van der Waals surface area contributed by atoms with Gasteiger partial charge in [-0.15, -0.1) is 0 Å². The van der Waals surface area contributed by atoms with E-state index in [4.69, 9.17) is 5.11 Å². The Bertz CT molecular complexity index is 264. The van der Waals surface area contributed by atoms with Crippen LogP contribution in [0.5, 0.6) is 0 Å². The van der Waals surface area contributed by atoms with Crippen molar-refractivity contribution in [2.24, 2.45) is 0 Å². The molecule has 0 aromatic rings. The summed E-state index contributed by atoms with van der Waals surface area (Å²) in [6, 6.07) is -0.350. The van der Waals surface area contributed by atoms with E-state index in [1.165, 1.54) is 0 Å². The highest BCUT2D eigenvalue weighted by atomic mass is 16.4. The summed E-state index contributed by atoms with van der Waals surface area (Å²) < 4.78 is 0. The molecule has 0 bridgehead atoms. The van der Waals surface area contributed by atoms with Gasteiger partial charge in [0.2, 0.25) is 5.91 Å². The lowest BCUT2D eigenvalue weighted by Gasteiger charge is -2.26. The highest BCUT2D eigenvalue weighted by Crippen LogP contribution is 2.31. The van der Waals surface area contributed by atoms with Gasteiger partial charge in [0.15, 0.2) is 0 Å². The van der Waals surface area contributed by atoms with Gasteiger partial charge in [-0.05, 0) is 25.7 Å². The summed E-state index contributed by atoms with van der Waals surface area (Å²) in [6.07, 6.45) is 4.97. The van der Waals surface area contributed by atoms with Gasteiger partial charge in [-0.2, -0.15) is 0 Å². The molecule has 4 nitrogen and oxygen atoms in total. The number of hydrogen-bond acceptors (Lipinski definition) is 2. The van der Waals surface area contributed by atoms with Crippen molar-refractivity contribution in [3.8, 4) is 0 Å². The van der Waals surface area contributed by atoms with E-state index in [9.17, 15) is 9.59 Å². The Morgan fingerprint density at radius 2 is 2.07 bits per heavy atom. The fourth-order valence-corrected chi connectivity index (χ4v) is 2.57. The maximum absolute atomic E-state index is 11.7. The van der Waals surface area contributed by atoms with E-state index in [0.29, 0.717) is 12.8 Å². The van der Waals surface area contributed by atoms with Crippen LogP contribution in [-0.4, -0.2) is 34.0 Å². The monoisotopic (exact) mass is 197 g/mol. The molecular weight excluding hydrogens is 182 g/mol. The van der Waals surface area contributed by atoms with Gasteiger partial charge in [-0.25, -0.2) is 4.79 Å². The molecule has 0 aromatic carbocycles. The van der Waals surface area contributed by atoms with Crippen LogP contribution in [0.3, 0.4) is 0 Å². The van der Waals surface area contributed by atoms with Gasteiger partial charge in [0.1, 0.15) is 6.04 Å². The molecule has 2 aliphatic rings. The number of carbonyl (C=O) groups excluding carboxylic acids is 1. The van der Waals surface area contributed by atoms with E-state index < -0.39 is 12.0 Å². The lowest BCUT2D eigenvalue weighted by molar-refractivity contribution is -0.149. The lowest BCUT2D eigenvalue weighted by Crippen LogP contribution is -2.43. The Morgan fingerprint density at radius 3 is 2.79 bits per heavy atom. The summed E-state index contributed by atoms with van der Waals surface area (Å²) >= 11 is 0. The van der Waals surface area contributed by atoms with Gasteiger partial charge in [0, 0.05) is 12.5 Å². The minimum absolute atomic E-state index is 0.0393. The van der Waals surface area contributed by atoms with Gasteiger partial charge < -0.3 is 10.0 Å². The molecule has 2 rings (SSSR count). The topological polar surface area (TPSA) is 57.6 Å². The first kappa shape index (κ1) is 9.49. The molecule has 0 radical (unpaired) electrons. The Kier molecular flexibility index (Phi) is 2.44. The molecule has 78 valence electrons. The maximum atomic E-state index is 11.7. The summed E-state index contributed by atoms with van der Waals surface area (Å²) in [4.78, 5) is 24.2. The third-order valence-electron chi connectivity index (χ3n) is 3.25. The first-order chi connectivity index (χ1) is 6.70. The summed E-state index contributed by atoms with van der Waals surface area (Å²) in [5, 5.41) is 8.97. The zero-order valence-corrected chi connectivity index (χ0v) is 8.11. The molecule has 14 heavy (non-hydrogen) atoms. The second-order valence-corrected chi connectivity index (χ2v) is 4.13. The quantitative estimate of drug-likeness (QED) is 0.682. The van der Waals surface area contributed by atoms with Crippen LogP contribution in [0, 0.1) is 0 Å². The molecule has 1 amide bonds. The summed E-state index contributed by atoms with van der Waals surface area (Å²) in [6.45, 7) is 0. The number of carboxylic acid groups (broad SMARTS) is 1. The van der Waals surface area contributed by atoms with Crippen LogP contribution in [-0.2, 0) is 9.59 Å². The summed E-state index contributed by atoms with van der Waals surface area (Å²) in [5.74, 6) is -0.805. The van der Waals surface area contributed by atoms with E-state index >= 15 is 0 Å². The van der Waals surface area contributed by atoms with Crippen molar-refractivity contribution in [2.75, 3.05) is 0 Å². The van der Waals surface area contributed by atoms with Crippen molar-refractivity contribution in [1.82, 2.24) is 4.90 Å². The van der Waals surface area contributed by atoms with Crippen LogP contribution in [0.15, 0.2) is 0 Å². The van der Waals surface area contributed by atoms with Gasteiger partial charge in [-0.3, -0.25) is 4.79 Å². The predicted octanol–water partition coefficient (Wildman–Crippen LogP) is 1.00. The molecule has 2 unspecified atom stereocenters. The second-order valence-electron chi connectivity index (χ2n) is 4.13. The number of hydrogen-bond donors (Lipinski definition) is 1. The molecule has 2 saturated heterocycles. The summed E-state index contributed by atoms with van der Waals surface area (Å²) in [7, 11) is 0. The Morgan fingerprint density at radius 1 is 1.29 bits per heavy atom. The first-order valence-electron chi connectivity index (χ1n) is 5.24. The molecule has 2 heterocycles. The van der Waals surface area contributed by atoms with Crippen molar-refractivity contribution < 1.29 is 14.7 Å². The molecule has 4 heteroatoms. The number of aliphatic carboxylic acids is 1. The highest BCUT2D eigenvalue weighted by molar-refractivity contribution is 5.84. The van der Waals surface area contributed by atoms with Crippen molar-refractivity contribution >= 4 is 11.9 Å². The number of carbonyl (C=O) groups is 2. The number of amides is 1. The number of fused-ring (bicyclic) bond motifs is 1. The predicted molar refractivity (Wildman–Crippen MR) is 49.8 cm³/mol. The summed E-state index contributed by atoms with van der Waals surface area (Å²) in [5.41, 5.74) is 0. The largest absolute Gasteiger partial charge is 0.480 e. The molecule has 2 fully saturated rings. The van der Waals surface area contributed by atoms with Crippen molar-refractivity contribution in [1.29, 1.82) is 0 Å². The highest BCUT2D eigenvalue weighted by Gasteiger charge is 2.41. The van der Waals surface area contributed by atoms with E-state index in [0.717, 1.165) is 25.7 Å². The van der Waals surface area contributed by atoms with Crippen LogP contribution >= 0.6 is 0 Å². The fourth-order valence-electron chi connectivity index (χ4n) is 2.57. The second kappa shape index (κ2) is 3.59. The molecular formula is C10H15NO3. The maximum Gasteiger partial charge on any atom is 0.326 e. The standard InChI is InChI=1S/C10H15NO3/c12-9-4-2-1-3-7-5-6-8(10(13)14)11(7)9/h7-8H,1-6H2,(H,13,14). The average Bonchev–Trinajstić information content (AvgIpc) is 2.48. The Balaban J connectivity index is 2.18. The molecule has 0 aromatic heterocycles. The fraction of sp³-hybridized carbons (Fsp3) is 0.800. The SMILES string of the molecule is O=C(O)C1CCC2CCCCC(=O)N21. The normalized spacial score (nSPS) is 32.6. The number of carboxylic acids is 1. The van der Waals surface area contributed by atoms with Crippen LogP contribution in [0.4, 0.5) is 0 Å². The van der Waals surface area contributed by atoms with E-state index in [1.807, 2.05) is 0 Å². The Labute approximate surface area is 82.9 Å². The molecule has 2 atom stereocenters. The molecule has 0 saturated carbocycles. The van der Waals surface area contributed by atoms with Crippen molar-refractivity contribution in [3.05, 3.63) is 0 Å². The van der Waals surface area contributed by atoms with Crippen LogP contribution < -0.4 is 0 Å². The smallest absolute Gasteiger partial charge is 0.326 e. The minimum atomic E-state index is -0.845. The Hall–Kier alpha value is -1.06. The molecule has 2 aliphatic heterocycles. The third-order valence-corrected chi connectivity index (χ3v) is 3.25. The van der Waals surface area contributed by atoms with Crippen LogP contribution in [0.25, 0.3) is 0 Å². The third kappa shape index (κ3) is 1.49. The molecule has 0 aliphatic carbocycles. The van der Waals surface area contributed by atoms with Gasteiger partial charge in [0.05, 0.1) is 0 Å². The van der Waals surface area contributed by atoms with Gasteiger partial charge in [0.25, 0.3) is 0 Å². The first-order valence-corrected chi connectivity index (χ1v) is 5.24. The average molecular weight is 197 g/mol. The van der Waals surface area contributed by atoms with Gasteiger partial charge >= 0.3 is 5.97 Å². The van der Waals surface area contributed by atoms with E-state index in [1.54, 1.807) is 4.90 Å². The van der Waals surface area contributed by atoms with Crippen molar-refractivity contribution in [3.63, 3.8) is 0 Å². The van der Waals surface area contributed by atoms with Crippen molar-refractivity contribution in [2.45, 2.75) is 50.6 Å². The lowest BCUT2D eigenvalue weighted by atomic mass is 10.1. The number of rotatable bonds is 1. The minimum Gasteiger partial charge on any atom is -0.480 e. The van der Waals surface area contributed by atoms with Crippen LogP contribution in [0.1, 0.15) is 38.5 Å². The van der Waals surface area contributed by atoms with Crippen LogP contribution in [0.2, 0.25) is 0 Å². The van der Waals surface area contributed by atoms with E-state index in [-0.39, 0.29) is 11.9 Å². The van der Waals surface area contributed by atoms with E-state index in [2.05, 4.69) is 0 Å².